The maximum absolute atomic E-state index is 12.0. The number of rotatable bonds is 4. The SMILES string of the molecule is CC(C)N(CC(=O)O)C(=O)NC1CC2CCC1O2. The second-order valence-corrected chi connectivity index (χ2v) is 5.28. The highest BCUT2D eigenvalue weighted by Crippen LogP contribution is 2.34. The summed E-state index contributed by atoms with van der Waals surface area (Å²) in [6.45, 7) is 3.34. The number of hydrogen-bond donors (Lipinski definition) is 2. The maximum Gasteiger partial charge on any atom is 0.323 e. The van der Waals surface area contributed by atoms with Crippen LogP contribution in [0.5, 0.6) is 0 Å². The number of amides is 2. The van der Waals surface area contributed by atoms with E-state index in [0.717, 1.165) is 19.3 Å². The third-order valence-corrected chi connectivity index (χ3v) is 3.60. The normalized spacial score (nSPS) is 29.6. The minimum Gasteiger partial charge on any atom is -0.480 e. The number of nitrogens with one attached hydrogen (secondary N) is 1. The van der Waals surface area contributed by atoms with Gasteiger partial charge in [-0.05, 0) is 33.1 Å². The van der Waals surface area contributed by atoms with Crippen molar-refractivity contribution in [2.75, 3.05) is 6.54 Å². The van der Waals surface area contributed by atoms with Gasteiger partial charge in [0.25, 0.3) is 0 Å². The van der Waals surface area contributed by atoms with Gasteiger partial charge >= 0.3 is 12.0 Å². The summed E-state index contributed by atoms with van der Waals surface area (Å²) in [6, 6.07) is -0.416. The van der Waals surface area contributed by atoms with Gasteiger partial charge in [-0.15, -0.1) is 0 Å². The van der Waals surface area contributed by atoms with Crippen LogP contribution in [0.2, 0.25) is 0 Å². The summed E-state index contributed by atoms with van der Waals surface area (Å²) in [5.74, 6) is -0.997. The van der Waals surface area contributed by atoms with Crippen LogP contribution in [0.1, 0.15) is 33.1 Å². The molecule has 2 N–H and O–H groups in total. The first-order chi connectivity index (χ1) is 8.47. The van der Waals surface area contributed by atoms with Gasteiger partial charge in [0.05, 0.1) is 18.2 Å². The number of carbonyl (C=O) groups is 2. The van der Waals surface area contributed by atoms with Gasteiger partial charge in [0.15, 0.2) is 0 Å². The van der Waals surface area contributed by atoms with Crippen LogP contribution < -0.4 is 5.32 Å². The fourth-order valence-electron chi connectivity index (χ4n) is 2.67. The van der Waals surface area contributed by atoms with E-state index in [1.165, 1.54) is 4.90 Å². The average molecular weight is 256 g/mol. The standard InChI is InChI=1S/C12H20N2O4/c1-7(2)14(6-11(15)16)12(17)13-9-5-8-3-4-10(9)18-8/h7-10H,3-6H2,1-2H3,(H,13,17)(H,15,16). The Morgan fingerprint density at radius 1 is 1.44 bits per heavy atom. The van der Waals surface area contributed by atoms with Crippen LogP contribution in [0.15, 0.2) is 0 Å². The molecule has 2 rings (SSSR count). The molecule has 0 aromatic heterocycles. The molecular formula is C12H20N2O4. The first kappa shape index (κ1) is 13.1. The molecule has 18 heavy (non-hydrogen) atoms. The fourth-order valence-corrected chi connectivity index (χ4v) is 2.67. The molecule has 2 bridgehead atoms. The zero-order valence-electron chi connectivity index (χ0n) is 10.8. The Bertz CT molecular complexity index is 345. The molecule has 2 fully saturated rings. The lowest BCUT2D eigenvalue weighted by molar-refractivity contribution is -0.138. The van der Waals surface area contributed by atoms with Crippen LogP contribution in [-0.2, 0) is 9.53 Å². The van der Waals surface area contributed by atoms with Gasteiger partial charge in [0.2, 0.25) is 0 Å². The van der Waals surface area contributed by atoms with Crippen molar-refractivity contribution in [2.45, 2.75) is 57.4 Å². The van der Waals surface area contributed by atoms with Crippen molar-refractivity contribution in [1.82, 2.24) is 10.2 Å². The van der Waals surface area contributed by atoms with Crippen molar-refractivity contribution in [1.29, 1.82) is 0 Å². The Balaban J connectivity index is 1.91. The predicted octanol–water partition coefficient (Wildman–Crippen LogP) is 0.811. The lowest BCUT2D eigenvalue weighted by Gasteiger charge is -2.28. The van der Waals surface area contributed by atoms with E-state index in [9.17, 15) is 9.59 Å². The number of urea groups is 1. The first-order valence-corrected chi connectivity index (χ1v) is 6.41. The number of aliphatic carboxylic acids is 1. The Kier molecular flexibility index (Phi) is 3.75. The summed E-state index contributed by atoms with van der Waals surface area (Å²) in [4.78, 5) is 24.1. The van der Waals surface area contributed by atoms with Crippen molar-refractivity contribution in [3.05, 3.63) is 0 Å². The Morgan fingerprint density at radius 3 is 2.61 bits per heavy atom. The van der Waals surface area contributed by atoms with E-state index in [1.807, 2.05) is 0 Å². The molecule has 2 aliphatic rings. The first-order valence-electron chi connectivity index (χ1n) is 6.41. The second kappa shape index (κ2) is 5.14. The van der Waals surface area contributed by atoms with Crippen molar-refractivity contribution in [2.24, 2.45) is 0 Å². The lowest BCUT2D eigenvalue weighted by atomic mass is 9.96. The van der Waals surface area contributed by atoms with Crippen LogP contribution in [0.4, 0.5) is 4.79 Å². The van der Waals surface area contributed by atoms with E-state index < -0.39 is 5.97 Å². The molecule has 3 unspecified atom stereocenters. The summed E-state index contributed by atoms with van der Waals surface area (Å²) >= 11 is 0. The van der Waals surface area contributed by atoms with Gasteiger partial charge in [0, 0.05) is 6.04 Å². The third kappa shape index (κ3) is 2.75. The van der Waals surface area contributed by atoms with Gasteiger partial charge in [-0.2, -0.15) is 0 Å². The minimum atomic E-state index is -0.997. The number of carboxylic acids is 1. The highest BCUT2D eigenvalue weighted by Gasteiger charge is 2.42. The van der Waals surface area contributed by atoms with Crippen LogP contribution in [0, 0.1) is 0 Å². The van der Waals surface area contributed by atoms with Crippen molar-refractivity contribution >= 4 is 12.0 Å². The molecule has 0 radical (unpaired) electrons. The lowest BCUT2D eigenvalue weighted by Crippen LogP contribution is -2.51. The molecule has 6 nitrogen and oxygen atoms in total. The third-order valence-electron chi connectivity index (χ3n) is 3.60. The van der Waals surface area contributed by atoms with Gasteiger partial charge in [-0.1, -0.05) is 0 Å². The van der Waals surface area contributed by atoms with Crippen LogP contribution in [0.3, 0.4) is 0 Å². The van der Waals surface area contributed by atoms with E-state index in [-0.39, 0.29) is 36.9 Å². The molecule has 0 aliphatic carbocycles. The number of ether oxygens (including phenoxy) is 1. The number of nitrogens with zero attached hydrogens (tertiary/aromatic N) is 1. The van der Waals surface area contributed by atoms with Crippen molar-refractivity contribution in [3.8, 4) is 0 Å². The molecule has 0 spiro atoms. The topological polar surface area (TPSA) is 78.9 Å². The summed E-state index contributed by atoms with van der Waals surface area (Å²) in [6.07, 6.45) is 3.27. The number of hydrogen-bond acceptors (Lipinski definition) is 3. The van der Waals surface area contributed by atoms with E-state index in [4.69, 9.17) is 9.84 Å². The number of carboxylic acid groups (broad SMARTS) is 1. The molecule has 3 atom stereocenters. The molecule has 2 aliphatic heterocycles. The summed E-state index contributed by atoms with van der Waals surface area (Å²) in [5.41, 5.74) is 0. The minimum absolute atomic E-state index is 0.0336. The van der Waals surface area contributed by atoms with Gasteiger partial charge < -0.3 is 20.1 Å². The summed E-state index contributed by atoms with van der Waals surface area (Å²) in [5, 5.41) is 11.7. The fraction of sp³-hybridized carbons (Fsp3) is 0.833. The van der Waals surface area contributed by atoms with Crippen molar-refractivity contribution in [3.63, 3.8) is 0 Å². The molecule has 0 aromatic rings. The quantitative estimate of drug-likeness (QED) is 0.780. The Hall–Kier alpha value is -1.30. The predicted molar refractivity (Wildman–Crippen MR) is 64.3 cm³/mol. The van der Waals surface area contributed by atoms with Crippen LogP contribution in [0.25, 0.3) is 0 Å². The van der Waals surface area contributed by atoms with Crippen molar-refractivity contribution < 1.29 is 19.4 Å². The van der Waals surface area contributed by atoms with Crippen LogP contribution >= 0.6 is 0 Å². The molecule has 0 saturated carbocycles. The number of carbonyl (C=O) groups excluding carboxylic acids is 1. The average Bonchev–Trinajstić information content (AvgIpc) is 2.86. The highest BCUT2D eigenvalue weighted by molar-refractivity contribution is 5.80. The Morgan fingerprint density at radius 2 is 2.17 bits per heavy atom. The highest BCUT2D eigenvalue weighted by atomic mass is 16.5. The smallest absolute Gasteiger partial charge is 0.323 e. The van der Waals surface area contributed by atoms with Gasteiger partial charge in [-0.25, -0.2) is 4.79 Å². The molecule has 2 amide bonds. The molecule has 102 valence electrons. The summed E-state index contributed by atoms with van der Waals surface area (Å²) < 4.78 is 5.66. The molecular weight excluding hydrogens is 236 g/mol. The van der Waals surface area contributed by atoms with E-state index in [2.05, 4.69) is 5.32 Å². The maximum atomic E-state index is 12.0. The van der Waals surface area contributed by atoms with Gasteiger partial charge in [-0.3, -0.25) is 4.79 Å². The molecule has 2 heterocycles. The number of fused-ring (bicyclic) bond motifs is 2. The summed E-state index contributed by atoms with van der Waals surface area (Å²) in [7, 11) is 0. The zero-order chi connectivity index (χ0) is 13.3. The second-order valence-electron chi connectivity index (χ2n) is 5.28. The van der Waals surface area contributed by atoms with E-state index in [0.29, 0.717) is 0 Å². The van der Waals surface area contributed by atoms with E-state index in [1.54, 1.807) is 13.8 Å². The van der Waals surface area contributed by atoms with Gasteiger partial charge in [0.1, 0.15) is 6.54 Å². The van der Waals surface area contributed by atoms with Crippen LogP contribution in [-0.4, -0.2) is 52.8 Å². The molecule has 2 saturated heterocycles. The Labute approximate surface area is 106 Å². The zero-order valence-corrected chi connectivity index (χ0v) is 10.8. The largest absolute Gasteiger partial charge is 0.480 e. The monoisotopic (exact) mass is 256 g/mol. The molecule has 0 aromatic carbocycles. The van der Waals surface area contributed by atoms with E-state index >= 15 is 0 Å². The molecule has 6 heteroatoms.